The summed E-state index contributed by atoms with van der Waals surface area (Å²) in [7, 11) is 1.67. The quantitative estimate of drug-likeness (QED) is 0.660. The molecule has 0 aliphatic heterocycles. The molecule has 0 saturated carbocycles. The molecule has 0 unspecified atom stereocenters. The van der Waals surface area contributed by atoms with Crippen molar-refractivity contribution < 1.29 is 4.74 Å². The number of rotatable bonds is 7. The molecule has 25 heavy (non-hydrogen) atoms. The van der Waals surface area contributed by atoms with Crippen molar-refractivity contribution in [3.8, 4) is 5.75 Å². The van der Waals surface area contributed by atoms with Crippen molar-refractivity contribution in [1.82, 2.24) is 9.97 Å². The van der Waals surface area contributed by atoms with Gasteiger partial charge in [-0.05, 0) is 29.8 Å². The second-order valence-corrected chi connectivity index (χ2v) is 5.85. The third kappa shape index (κ3) is 4.84. The van der Waals surface area contributed by atoms with Crippen LogP contribution in [0.25, 0.3) is 0 Å². The summed E-state index contributed by atoms with van der Waals surface area (Å²) in [6.45, 7) is 1.25. The number of nitrogens with zero attached hydrogens (tertiary/aromatic N) is 2. The minimum absolute atomic E-state index is 0.569. The number of ether oxygens (including phenoxy) is 1. The molecule has 128 valence electrons. The number of benzene rings is 2. The van der Waals surface area contributed by atoms with Gasteiger partial charge in [0.1, 0.15) is 11.6 Å². The Hall–Kier alpha value is -2.79. The smallest absolute Gasteiger partial charge is 0.224 e. The molecule has 0 aliphatic rings. The van der Waals surface area contributed by atoms with Crippen molar-refractivity contribution in [3.63, 3.8) is 0 Å². The zero-order chi connectivity index (χ0) is 17.5. The van der Waals surface area contributed by atoms with Crippen molar-refractivity contribution in [3.05, 3.63) is 76.9 Å². The molecule has 2 N–H and O–H groups in total. The van der Waals surface area contributed by atoms with Crippen molar-refractivity contribution in [2.24, 2.45) is 0 Å². The predicted molar refractivity (Wildman–Crippen MR) is 101 cm³/mol. The maximum atomic E-state index is 5.89. The van der Waals surface area contributed by atoms with Gasteiger partial charge in [0, 0.05) is 29.9 Å². The van der Waals surface area contributed by atoms with Gasteiger partial charge in [0.2, 0.25) is 5.95 Å². The Kier molecular flexibility index (Phi) is 5.69. The maximum absolute atomic E-state index is 5.89. The van der Waals surface area contributed by atoms with Gasteiger partial charge in [-0.1, -0.05) is 41.9 Å². The fraction of sp³-hybridized carbons (Fsp3) is 0.158. The minimum atomic E-state index is 0.569. The number of methoxy groups -OCH3 is 1. The van der Waals surface area contributed by atoms with Crippen LogP contribution in [0, 0.1) is 0 Å². The first kappa shape index (κ1) is 17.0. The van der Waals surface area contributed by atoms with E-state index in [9.17, 15) is 0 Å². The topological polar surface area (TPSA) is 59.1 Å². The maximum Gasteiger partial charge on any atom is 0.224 e. The van der Waals surface area contributed by atoms with Crippen LogP contribution in [-0.4, -0.2) is 17.1 Å². The second-order valence-electron chi connectivity index (χ2n) is 5.41. The number of halogens is 1. The lowest BCUT2D eigenvalue weighted by Crippen LogP contribution is -2.07. The molecule has 3 aromatic rings. The SMILES string of the molecule is COc1ccccc1CNc1ccnc(NCc2ccc(Cl)cc2)n1. The number of hydrogen-bond donors (Lipinski definition) is 2. The van der Waals surface area contributed by atoms with E-state index in [1.54, 1.807) is 13.3 Å². The van der Waals surface area contributed by atoms with Gasteiger partial charge < -0.3 is 15.4 Å². The van der Waals surface area contributed by atoms with Crippen molar-refractivity contribution in [2.45, 2.75) is 13.1 Å². The number of nitrogens with one attached hydrogen (secondary N) is 2. The Labute approximate surface area is 152 Å². The summed E-state index contributed by atoms with van der Waals surface area (Å²) < 4.78 is 5.36. The summed E-state index contributed by atoms with van der Waals surface area (Å²) in [6, 6.07) is 17.4. The minimum Gasteiger partial charge on any atom is -0.496 e. The van der Waals surface area contributed by atoms with Crippen LogP contribution in [0.1, 0.15) is 11.1 Å². The first-order valence-electron chi connectivity index (χ1n) is 7.92. The molecule has 0 radical (unpaired) electrons. The van der Waals surface area contributed by atoms with Gasteiger partial charge in [0.15, 0.2) is 0 Å². The highest BCUT2D eigenvalue weighted by Crippen LogP contribution is 2.18. The van der Waals surface area contributed by atoms with E-state index in [4.69, 9.17) is 16.3 Å². The summed E-state index contributed by atoms with van der Waals surface area (Å²) in [5.74, 6) is 2.17. The van der Waals surface area contributed by atoms with Crippen LogP contribution in [0.4, 0.5) is 11.8 Å². The van der Waals surface area contributed by atoms with Gasteiger partial charge in [-0.15, -0.1) is 0 Å². The Morgan fingerprint density at radius 1 is 0.960 bits per heavy atom. The summed E-state index contributed by atoms with van der Waals surface area (Å²) in [6.07, 6.45) is 1.72. The van der Waals surface area contributed by atoms with Crippen molar-refractivity contribution >= 4 is 23.4 Å². The van der Waals surface area contributed by atoms with E-state index in [2.05, 4.69) is 20.6 Å². The molecule has 3 rings (SSSR count). The Balaban J connectivity index is 1.60. The first-order valence-corrected chi connectivity index (χ1v) is 8.29. The van der Waals surface area contributed by atoms with Gasteiger partial charge in [-0.3, -0.25) is 0 Å². The number of para-hydroxylation sites is 1. The van der Waals surface area contributed by atoms with E-state index >= 15 is 0 Å². The zero-order valence-corrected chi connectivity index (χ0v) is 14.6. The molecule has 0 atom stereocenters. The van der Waals surface area contributed by atoms with Gasteiger partial charge in [-0.25, -0.2) is 4.98 Å². The zero-order valence-electron chi connectivity index (χ0n) is 13.9. The van der Waals surface area contributed by atoms with Crippen LogP contribution in [0.5, 0.6) is 5.75 Å². The van der Waals surface area contributed by atoms with Gasteiger partial charge >= 0.3 is 0 Å². The lowest BCUT2D eigenvalue weighted by Gasteiger charge is -2.11. The highest BCUT2D eigenvalue weighted by molar-refractivity contribution is 6.30. The fourth-order valence-electron chi connectivity index (χ4n) is 2.36. The lowest BCUT2D eigenvalue weighted by atomic mass is 10.2. The standard InChI is InChI=1S/C19H19ClN4O/c1-25-17-5-3-2-4-15(17)13-22-18-10-11-21-19(24-18)23-12-14-6-8-16(20)9-7-14/h2-11H,12-13H2,1H3,(H2,21,22,23,24). The largest absolute Gasteiger partial charge is 0.496 e. The van der Waals surface area contributed by atoms with E-state index in [-0.39, 0.29) is 0 Å². The predicted octanol–water partition coefficient (Wildman–Crippen LogP) is 4.36. The molecule has 0 aliphatic carbocycles. The molecule has 5 nitrogen and oxygen atoms in total. The number of anilines is 2. The molecule has 0 bridgehead atoms. The molecule has 6 heteroatoms. The lowest BCUT2D eigenvalue weighted by molar-refractivity contribution is 0.410. The Morgan fingerprint density at radius 3 is 2.56 bits per heavy atom. The fourth-order valence-corrected chi connectivity index (χ4v) is 2.49. The summed E-state index contributed by atoms with van der Waals surface area (Å²) >= 11 is 5.89. The van der Waals surface area contributed by atoms with Crippen molar-refractivity contribution in [1.29, 1.82) is 0 Å². The molecule has 0 amide bonds. The summed E-state index contributed by atoms with van der Waals surface area (Å²) in [4.78, 5) is 8.72. The van der Waals surface area contributed by atoms with Crippen LogP contribution < -0.4 is 15.4 Å². The molecule has 1 aromatic heterocycles. The first-order chi connectivity index (χ1) is 12.2. The van der Waals surface area contributed by atoms with Gasteiger partial charge in [-0.2, -0.15) is 4.98 Å². The van der Waals surface area contributed by atoms with Crippen molar-refractivity contribution in [2.75, 3.05) is 17.7 Å². The highest BCUT2D eigenvalue weighted by Gasteiger charge is 2.03. The Morgan fingerprint density at radius 2 is 1.76 bits per heavy atom. The molecule has 0 saturated heterocycles. The van der Waals surface area contributed by atoms with Gasteiger partial charge in [0.25, 0.3) is 0 Å². The van der Waals surface area contributed by atoms with E-state index in [0.717, 1.165) is 27.7 Å². The average molecular weight is 355 g/mol. The van der Waals surface area contributed by atoms with Crippen LogP contribution in [0.15, 0.2) is 60.8 Å². The van der Waals surface area contributed by atoms with Gasteiger partial charge in [0.05, 0.1) is 7.11 Å². The monoisotopic (exact) mass is 354 g/mol. The van der Waals surface area contributed by atoms with Crippen LogP contribution in [0.3, 0.4) is 0 Å². The summed E-state index contributed by atoms with van der Waals surface area (Å²) in [5.41, 5.74) is 2.18. The number of hydrogen-bond acceptors (Lipinski definition) is 5. The van der Waals surface area contributed by atoms with Crippen LogP contribution in [0.2, 0.25) is 5.02 Å². The molecule has 0 spiro atoms. The van der Waals surface area contributed by atoms with Crippen LogP contribution in [-0.2, 0) is 13.1 Å². The molecular formula is C19H19ClN4O. The van der Waals surface area contributed by atoms with Crippen LogP contribution >= 0.6 is 11.6 Å². The van der Waals surface area contributed by atoms with E-state index in [1.165, 1.54) is 0 Å². The molecule has 1 heterocycles. The van der Waals surface area contributed by atoms with E-state index < -0.39 is 0 Å². The summed E-state index contributed by atoms with van der Waals surface area (Å²) in [5, 5.41) is 7.23. The molecular weight excluding hydrogens is 336 g/mol. The number of aromatic nitrogens is 2. The third-order valence-corrected chi connectivity index (χ3v) is 3.92. The Bertz CT molecular complexity index is 824. The van der Waals surface area contributed by atoms with E-state index in [0.29, 0.717) is 19.0 Å². The third-order valence-electron chi connectivity index (χ3n) is 3.67. The normalized spacial score (nSPS) is 10.3. The second kappa shape index (κ2) is 8.35. The van der Waals surface area contributed by atoms with E-state index in [1.807, 2.05) is 54.6 Å². The highest BCUT2D eigenvalue weighted by atomic mass is 35.5. The average Bonchev–Trinajstić information content (AvgIpc) is 2.66. The molecule has 0 fully saturated rings. The molecule has 2 aromatic carbocycles.